The van der Waals surface area contributed by atoms with Crippen LogP contribution < -0.4 is 10.5 Å². The summed E-state index contributed by atoms with van der Waals surface area (Å²) in [5, 5.41) is 0. The Balaban J connectivity index is 1.93. The predicted octanol–water partition coefficient (Wildman–Crippen LogP) is 0.354. The second-order valence-corrected chi connectivity index (χ2v) is 10.0. The van der Waals surface area contributed by atoms with Crippen molar-refractivity contribution in [3.63, 3.8) is 0 Å². The molecule has 0 aliphatic carbocycles. The summed E-state index contributed by atoms with van der Waals surface area (Å²) in [7, 11) is -7.19. The highest BCUT2D eigenvalue weighted by Gasteiger charge is 2.30. The summed E-state index contributed by atoms with van der Waals surface area (Å²) in [6.45, 7) is 2.61. The van der Waals surface area contributed by atoms with E-state index in [1.807, 2.05) is 6.92 Å². The van der Waals surface area contributed by atoms with Crippen molar-refractivity contribution in [1.29, 1.82) is 0 Å². The molecule has 1 saturated heterocycles. The number of nitrogens with one attached hydrogen (secondary N) is 1. The normalized spacial score (nSPS) is 21.5. The number of nitrogens with zero attached hydrogens (tertiary/aromatic N) is 1. The lowest BCUT2D eigenvalue weighted by molar-refractivity contribution is 0.243. The van der Waals surface area contributed by atoms with Crippen molar-refractivity contribution < 1.29 is 16.8 Å². The van der Waals surface area contributed by atoms with E-state index < -0.39 is 20.0 Å². The second kappa shape index (κ2) is 7.92. The fraction of sp³-hybridized carbons (Fsp3) is 0.600. The molecule has 0 spiro atoms. The third-order valence-corrected chi connectivity index (χ3v) is 7.58. The maximum absolute atomic E-state index is 12.4. The van der Waals surface area contributed by atoms with Gasteiger partial charge in [0.05, 0.1) is 10.6 Å². The van der Waals surface area contributed by atoms with Crippen molar-refractivity contribution in [2.75, 3.05) is 25.4 Å². The molecular formula is C15H25N3O4S2. The molecule has 1 fully saturated rings. The Labute approximate surface area is 144 Å². The van der Waals surface area contributed by atoms with Gasteiger partial charge in [0, 0.05) is 25.7 Å². The molecule has 0 bridgehead atoms. The van der Waals surface area contributed by atoms with Gasteiger partial charge in [-0.2, -0.15) is 0 Å². The summed E-state index contributed by atoms with van der Waals surface area (Å²) in [6, 6.07) is 7.83. The third-order valence-electron chi connectivity index (χ3n) is 4.26. The highest BCUT2D eigenvalue weighted by molar-refractivity contribution is 7.90. The van der Waals surface area contributed by atoms with Gasteiger partial charge in [-0.15, -0.1) is 0 Å². The van der Waals surface area contributed by atoms with Gasteiger partial charge in [0.1, 0.15) is 0 Å². The molecule has 2 unspecified atom stereocenters. The van der Waals surface area contributed by atoms with E-state index in [2.05, 4.69) is 4.72 Å². The van der Waals surface area contributed by atoms with Crippen LogP contribution in [0.15, 0.2) is 35.2 Å². The smallest absolute Gasteiger partial charge is 0.240 e. The minimum absolute atomic E-state index is 0.0559. The third kappa shape index (κ3) is 5.00. The van der Waals surface area contributed by atoms with Crippen molar-refractivity contribution in [3.05, 3.63) is 30.3 Å². The first-order valence-electron chi connectivity index (χ1n) is 8.00. The monoisotopic (exact) mass is 375 g/mol. The molecule has 2 atom stereocenters. The van der Waals surface area contributed by atoms with Crippen molar-refractivity contribution in [3.8, 4) is 0 Å². The zero-order valence-corrected chi connectivity index (χ0v) is 15.4. The van der Waals surface area contributed by atoms with Gasteiger partial charge in [-0.25, -0.2) is 25.9 Å². The van der Waals surface area contributed by atoms with E-state index in [0.29, 0.717) is 13.1 Å². The number of hydrogen-bond donors (Lipinski definition) is 2. The Bertz CT molecular complexity index is 733. The standard InChI is InChI=1S/C15H25N3O4S2/c1-13(16)14-6-5-10-18(12-14)23(19,20)11-9-17-24(21,22)15-7-3-2-4-8-15/h2-4,7-8,13-14,17H,5-6,9-12,16H2,1H3. The fourth-order valence-corrected chi connectivity index (χ4v) is 5.40. The summed E-state index contributed by atoms with van der Waals surface area (Å²) in [4.78, 5) is 0.123. The van der Waals surface area contributed by atoms with E-state index in [1.165, 1.54) is 16.4 Å². The topological polar surface area (TPSA) is 110 Å². The van der Waals surface area contributed by atoms with E-state index in [1.54, 1.807) is 18.2 Å². The van der Waals surface area contributed by atoms with Crippen LogP contribution in [0.3, 0.4) is 0 Å². The number of sulfonamides is 2. The molecule has 1 heterocycles. The molecule has 7 nitrogen and oxygen atoms in total. The van der Waals surface area contributed by atoms with Gasteiger partial charge >= 0.3 is 0 Å². The number of rotatable bonds is 7. The lowest BCUT2D eigenvalue weighted by Crippen LogP contribution is -2.46. The molecule has 0 aromatic heterocycles. The highest BCUT2D eigenvalue weighted by Crippen LogP contribution is 2.21. The largest absolute Gasteiger partial charge is 0.328 e. The molecule has 0 saturated carbocycles. The first-order chi connectivity index (χ1) is 11.2. The number of piperidine rings is 1. The number of nitrogens with two attached hydrogens (primary N) is 1. The predicted molar refractivity (Wildman–Crippen MR) is 93.4 cm³/mol. The number of benzene rings is 1. The Morgan fingerprint density at radius 3 is 2.54 bits per heavy atom. The Hall–Kier alpha value is -1.00. The van der Waals surface area contributed by atoms with Crippen LogP contribution in [-0.4, -0.2) is 52.6 Å². The van der Waals surface area contributed by atoms with Crippen LogP contribution in [0.25, 0.3) is 0 Å². The van der Waals surface area contributed by atoms with Crippen LogP contribution >= 0.6 is 0 Å². The van der Waals surface area contributed by atoms with Crippen LogP contribution in [0.1, 0.15) is 19.8 Å². The minimum atomic E-state index is -3.69. The van der Waals surface area contributed by atoms with Crippen LogP contribution in [0.5, 0.6) is 0 Å². The zero-order valence-electron chi connectivity index (χ0n) is 13.8. The van der Waals surface area contributed by atoms with Crippen LogP contribution in [0.4, 0.5) is 0 Å². The molecule has 24 heavy (non-hydrogen) atoms. The molecule has 1 aliphatic rings. The summed E-state index contributed by atoms with van der Waals surface area (Å²) in [6.07, 6.45) is 1.70. The molecule has 1 aliphatic heterocycles. The minimum Gasteiger partial charge on any atom is -0.328 e. The lowest BCUT2D eigenvalue weighted by atomic mass is 9.93. The fourth-order valence-electron chi connectivity index (χ4n) is 2.77. The first kappa shape index (κ1) is 19.3. The van der Waals surface area contributed by atoms with Gasteiger partial charge in [0.2, 0.25) is 20.0 Å². The molecular weight excluding hydrogens is 350 g/mol. The Morgan fingerprint density at radius 2 is 1.92 bits per heavy atom. The van der Waals surface area contributed by atoms with Crippen molar-refractivity contribution in [2.24, 2.45) is 11.7 Å². The lowest BCUT2D eigenvalue weighted by Gasteiger charge is -2.33. The average molecular weight is 376 g/mol. The molecule has 136 valence electrons. The van der Waals surface area contributed by atoms with E-state index in [9.17, 15) is 16.8 Å². The molecule has 1 aromatic rings. The van der Waals surface area contributed by atoms with Gasteiger partial charge in [0.25, 0.3) is 0 Å². The van der Waals surface area contributed by atoms with E-state index in [0.717, 1.165) is 12.8 Å². The summed E-state index contributed by atoms with van der Waals surface area (Å²) in [5.41, 5.74) is 5.88. The van der Waals surface area contributed by atoms with Crippen LogP contribution in [0.2, 0.25) is 0 Å². The Kier molecular flexibility index (Phi) is 6.38. The maximum Gasteiger partial charge on any atom is 0.240 e. The molecule has 1 aromatic carbocycles. The molecule has 0 amide bonds. The van der Waals surface area contributed by atoms with Crippen LogP contribution in [0, 0.1) is 5.92 Å². The van der Waals surface area contributed by atoms with E-state index in [-0.39, 0.29) is 29.2 Å². The van der Waals surface area contributed by atoms with Gasteiger partial charge in [-0.3, -0.25) is 0 Å². The van der Waals surface area contributed by atoms with Gasteiger partial charge in [0.15, 0.2) is 0 Å². The van der Waals surface area contributed by atoms with Crippen LogP contribution in [-0.2, 0) is 20.0 Å². The summed E-state index contributed by atoms with van der Waals surface area (Å²) >= 11 is 0. The number of hydrogen-bond acceptors (Lipinski definition) is 5. The molecule has 0 radical (unpaired) electrons. The van der Waals surface area contributed by atoms with E-state index >= 15 is 0 Å². The summed E-state index contributed by atoms with van der Waals surface area (Å²) in [5.74, 6) is -0.111. The van der Waals surface area contributed by atoms with Crippen molar-refractivity contribution in [1.82, 2.24) is 9.03 Å². The van der Waals surface area contributed by atoms with Gasteiger partial charge in [-0.05, 0) is 37.8 Å². The SMILES string of the molecule is CC(N)C1CCCN(S(=O)(=O)CCNS(=O)(=O)c2ccccc2)C1. The highest BCUT2D eigenvalue weighted by atomic mass is 32.2. The molecule has 3 N–H and O–H groups in total. The van der Waals surface area contributed by atoms with Crippen molar-refractivity contribution >= 4 is 20.0 Å². The quantitative estimate of drug-likeness (QED) is 0.715. The van der Waals surface area contributed by atoms with E-state index in [4.69, 9.17) is 5.73 Å². The zero-order chi connectivity index (χ0) is 17.8. The summed E-state index contributed by atoms with van der Waals surface area (Å²) < 4.78 is 52.8. The second-order valence-electron chi connectivity index (χ2n) is 6.15. The molecule has 9 heteroatoms. The van der Waals surface area contributed by atoms with Gasteiger partial charge < -0.3 is 5.73 Å². The average Bonchev–Trinajstić information content (AvgIpc) is 2.55. The van der Waals surface area contributed by atoms with Crippen molar-refractivity contribution in [2.45, 2.75) is 30.7 Å². The first-order valence-corrected chi connectivity index (χ1v) is 11.1. The van der Waals surface area contributed by atoms with Gasteiger partial charge in [-0.1, -0.05) is 18.2 Å². The molecule has 2 rings (SSSR count). The Morgan fingerprint density at radius 1 is 1.25 bits per heavy atom. The maximum atomic E-state index is 12.4.